The Hall–Kier alpha value is -0.733. The Morgan fingerprint density at radius 3 is 2.33 bits per heavy atom. The van der Waals surface area contributed by atoms with Crippen molar-refractivity contribution in [2.75, 3.05) is 6.61 Å². The highest BCUT2D eigenvalue weighted by Gasteiger charge is 2.46. The van der Waals surface area contributed by atoms with Crippen molar-refractivity contribution in [1.29, 1.82) is 0 Å². The highest BCUT2D eigenvalue weighted by Crippen LogP contribution is 2.42. The molecule has 1 saturated carbocycles. The van der Waals surface area contributed by atoms with Crippen LogP contribution in [0.5, 0.6) is 0 Å². The van der Waals surface area contributed by atoms with Gasteiger partial charge in [-0.2, -0.15) is 0 Å². The molecule has 0 aromatic heterocycles. The third-order valence-electron chi connectivity index (χ3n) is 9.45. The molecule has 2 aliphatic rings. The maximum Gasteiger partial charge on any atom is 0.334 e. The fourth-order valence-electron chi connectivity index (χ4n) is 5.86. The number of carboxylic acids is 1. The summed E-state index contributed by atoms with van der Waals surface area (Å²) in [7, 11) is -2.22. The number of allylic oxidation sites excluding steroid dienone is 2. The Kier molecular flexibility index (Phi) is 14.2. The summed E-state index contributed by atoms with van der Waals surface area (Å²) < 4.78 is 18.7. The van der Waals surface area contributed by atoms with Crippen LogP contribution in [-0.4, -0.2) is 55.2 Å². The zero-order valence-electron chi connectivity index (χ0n) is 26.2. The predicted octanol–water partition coefficient (Wildman–Crippen LogP) is 8.24. The second kappa shape index (κ2) is 16.0. The number of hydrogen-bond donors (Lipinski definition) is 2. The summed E-state index contributed by atoms with van der Waals surface area (Å²) in [4.78, 5) is 12.2. The van der Waals surface area contributed by atoms with Gasteiger partial charge in [0.15, 0.2) is 20.2 Å². The fraction of sp³-hybridized carbons (Fsp3) is 0.906. The molecule has 228 valence electrons. The third kappa shape index (κ3) is 10.9. The summed E-state index contributed by atoms with van der Waals surface area (Å²) in [5.41, 5.74) is -1.19. The lowest BCUT2D eigenvalue weighted by Gasteiger charge is -2.42. The molecule has 0 spiro atoms. The molecule has 0 bridgehead atoms. The largest absolute Gasteiger partial charge is 0.479 e. The van der Waals surface area contributed by atoms with Crippen LogP contribution in [0.1, 0.15) is 125 Å². The Bertz CT molecular complexity index is 741. The van der Waals surface area contributed by atoms with Gasteiger partial charge < -0.3 is 24.1 Å². The molecule has 1 aliphatic carbocycles. The Morgan fingerprint density at radius 1 is 1.03 bits per heavy atom. The lowest BCUT2D eigenvalue weighted by molar-refractivity contribution is -0.196. The van der Waals surface area contributed by atoms with E-state index >= 15 is 0 Å². The van der Waals surface area contributed by atoms with E-state index in [-0.39, 0.29) is 29.5 Å². The van der Waals surface area contributed by atoms with Gasteiger partial charge in [0.25, 0.3) is 0 Å². The molecule has 0 amide bonds. The minimum Gasteiger partial charge on any atom is -0.479 e. The highest BCUT2D eigenvalue weighted by atomic mass is 28.4. The van der Waals surface area contributed by atoms with Crippen molar-refractivity contribution < 1.29 is 28.9 Å². The molecule has 2 fully saturated rings. The smallest absolute Gasteiger partial charge is 0.334 e. The van der Waals surface area contributed by atoms with E-state index in [4.69, 9.17) is 13.9 Å². The van der Waals surface area contributed by atoms with Crippen LogP contribution in [0.4, 0.5) is 0 Å². The van der Waals surface area contributed by atoms with E-state index < -0.39 is 19.9 Å². The zero-order chi connectivity index (χ0) is 29.1. The van der Waals surface area contributed by atoms with Crippen molar-refractivity contribution in [3.63, 3.8) is 0 Å². The lowest BCUT2D eigenvalue weighted by atomic mass is 9.86. The van der Waals surface area contributed by atoms with Crippen molar-refractivity contribution in [2.45, 2.75) is 167 Å². The first-order valence-electron chi connectivity index (χ1n) is 15.8. The number of aliphatic hydroxyl groups excluding tert-OH is 1. The quantitative estimate of drug-likeness (QED) is 0.104. The molecule has 1 heterocycles. The summed E-state index contributed by atoms with van der Waals surface area (Å²) in [6.07, 6.45) is 18.2. The van der Waals surface area contributed by atoms with Gasteiger partial charge in [0.05, 0.1) is 12.2 Å². The van der Waals surface area contributed by atoms with Gasteiger partial charge in [0.1, 0.15) is 0 Å². The minimum atomic E-state index is -2.22. The van der Waals surface area contributed by atoms with Crippen LogP contribution >= 0.6 is 0 Å². The van der Waals surface area contributed by atoms with E-state index in [1.54, 1.807) is 6.92 Å². The average molecular weight is 569 g/mol. The first-order valence-corrected chi connectivity index (χ1v) is 18.7. The molecule has 3 unspecified atom stereocenters. The van der Waals surface area contributed by atoms with Crippen molar-refractivity contribution in [3.8, 4) is 0 Å². The van der Waals surface area contributed by atoms with E-state index in [1.165, 1.54) is 38.5 Å². The first kappa shape index (κ1) is 34.5. The molecule has 0 radical (unpaired) electrons. The van der Waals surface area contributed by atoms with Crippen LogP contribution in [-0.2, 0) is 18.7 Å². The molecule has 1 aliphatic heterocycles. The van der Waals surface area contributed by atoms with E-state index in [9.17, 15) is 15.0 Å². The van der Waals surface area contributed by atoms with E-state index in [0.717, 1.165) is 38.7 Å². The van der Waals surface area contributed by atoms with Crippen molar-refractivity contribution in [3.05, 3.63) is 12.2 Å². The number of ether oxygens (including phenoxy) is 2. The van der Waals surface area contributed by atoms with Crippen LogP contribution in [0.2, 0.25) is 18.1 Å². The molecule has 39 heavy (non-hydrogen) atoms. The molecule has 6 atom stereocenters. The van der Waals surface area contributed by atoms with E-state index in [2.05, 4.69) is 52.9 Å². The number of hydrogen-bond acceptors (Lipinski definition) is 5. The van der Waals surface area contributed by atoms with Gasteiger partial charge in [0, 0.05) is 13.0 Å². The molecule has 6 nitrogen and oxygen atoms in total. The van der Waals surface area contributed by atoms with Crippen molar-refractivity contribution in [2.24, 2.45) is 11.8 Å². The van der Waals surface area contributed by atoms with Crippen LogP contribution in [0.3, 0.4) is 0 Å². The SMILES string of the molecule is CCCCCCCC[C@H]1C(OC2CCCCO2)C[C@H](O)[C@@H]1CC=CCCC(C)(O[Si](C)(C)C(C)(C)C)C(=O)O. The Morgan fingerprint density at radius 2 is 1.72 bits per heavy atom. The molecule has 2 N–H and O–H groups in total. The number of rotatable bonds is 17. The summed E-state index contributed by atoms with van der Waals surface area (Å²) in [6.45, 7) is 15.3. The first-order chi connectivity index (χ1) is 18.3. The number of carboxylic acid groups (broad SMARTS) is 1. The van der Waals surface area contributed by atoms with Gasteiger partial charge in [0.2, 0.25) is 0 Å². The number of carbonyl (C=O) groups is 1. The molecule has 2 rings (SSSR count). The second-order valence-electron chi connectivity index (χ2n) is 13.8. The number of aliphatic carboxylic acids is 1. The second-order valence-corrected chi connectivity index (χ2v) is 18.5. The normalized spacial score (nSPS) is 28.2. The van der Waals surface area contributed by atoms with Gasteiger partial charge in [-0.3, -0.25) is 0 Å². The summed E-state index contributed by atoms with van der Waals surface area (Å²) in [5.74, 6) is -0.400. The fourth-order valence-corrected chi connectivity index (χ4v) is 7.48. The van der Waals surface area contributed by atoms with Crippen LogP contribution in [0.25, 0.3) is 0 Å². The topological polar surface area (TPSA) is 85.2 Å². The molecular weight excluding hydrogens is 508 g/mol. The van der Waals surface area contributed by atoms with Crippen LogP contribution < -0.4 is 0 Å². The van der Waals surface area contributed by atoms with E-state index in [0.29, 0.717) is 25.2 Å². The highest BCUT2D eigenvalue weighted by molar-refractivity contribution is 6.74. The van der Waals surface area contributed by atoms with Crippen LogP contribution in [0.15, 0.2) is 12.2 Å². The summed E-state index contributed by atoms with van der Waals surface area (Å²) >= 11 is 0. The average Bonchev–Trinajstić information content (AvgIpc) is 3.14. The van der Waals surface area contributed by atoms with Gasteiger partial charge in [-0.25, -0.2) is 4.79 Å². The molecule has 0 aromatic rings. The molecule has 1 saturated heterocycles. The number of aliphatic hydroxyl groups is 1. The zero-order valence-corrected chi connectivity index (χ0v) is 27.2. The minimum absolute atomic E-state index is 0.0467. The summed E-state index contributed by atoms with van der Waals surface area (Å²) in [6, 6.07) is 0. The van der Waals surface area contributed by atoms with Gasteiger partial charge in [-0.1, -0.05) is 78.4 Å². The van der Waals surface area contributed by atoms with Gasteiger partial charge in [-0.05, 0) is 81.8 Å². The molecule has 0 aromatic carbocycles. The molecule has 7 heteroatoms. The maximum atomic E-state index is 12.2. The van der Waals surface area contributed by atoms with Crippen LogP contribution in [0, 0.1) is 11.8 Å². The third-order valence-corrected chi connectivity index (χ3v) is 14.0. The Labute approximate surface area is 240 Å². The van der Waals surface area contributed by atoms with Crippen molar-refractivity contribution >= 4 is 14.3 Å². The maximum absolute atomic E-state index is 12.2. The predicted molar refractivity (Wildman–Crippen MR) is 161 cm³/mol. The van der Waals surface area contributed by atoms with Gasteiger partial charge >= 0.3 is 5.97 Å². The monoisotopic (exact) mass is 568 g/mol. The molecular formula is C32H60O6Si. The van der Waals surface area contributed by atoms with Crippen molar-refractivity contribution in [1.82, 2.24) is 0 Å². The van der Waals surface area contributed by atoms with Gasteiger partial charge in [-0.15, -0.1) is 0 Å². The summed E-state index contributed by atoms with van der Waals surface area (Å²) in [5, 5.41) is 21.0. The van der Waals surface area contributed by atoms with E-state index in [1.807, 2.05) is 0 Å². The Balaban J connectivity index is 1.97. The number of unbranched alkanes of at least 4 members (excludes halogenated alkanes) is 5. The lowest BCUT2D eigenvalue weighted by Crippen LogP contribution is -2.52. The standard InChI is InChI=1S/C32H60O6Si/c1-8-9-10-11-12-14-20-26-25(27(33)24-28(26)37-29-21-16-18-23-36-29)19-15-13-17-22-32(5,30(34)35)38-39(6,7)31(2,3)4/h13,15,25-29,33H,8-12,14,16-24H2,1-7H3,(H,34,35)/t25-,26-,27+,28?,29?,32?/m1/s1.